The molecule has 0 aliphatic rings. The zero-order valence-electron chi connectivity index (χ0n) is 9.30. The molecule has 0 aromatic heterocycles. The molecule has 0 radical (unpaired) electrons. The van der Waals surface area contributed by atoms with Crippen LogP contribution in [0.1, 0.15) is 12.5 Å². The van der Waals surface area contributed by atoms with Gasteiger partial charge in [0.25, 0.3) is 0 Å². The van der Waals surface area contributed by atoms with E-state index >= 15 is 0 Å². The number of nitrogens with two attached hydrogens (primary N) is 1. The number of rotatable bonds is 5. The van der Waals surface area contributed by atoms with E-state index in [0.717, 1.165) is 5.56 Å². The van der Waals surface area contributed by atoms with Crippen LogP contribution in [0.4, 0.5) is 0 Å². The molecule has 0 heterocycles. The Hall–Kier alpha value is -1.39. The first kappa shape index (κ1) is 12.7. The number of benzene rings is 1. The predicted molar refractivity (Wildman–Crippen MR) is 60.8 cm³/mol. The molecule has 1 aromatic carbocycles. The second kappa shape index (κ2) is 6.25. The quantitative estimate of drug-likeness (QED) is 0.712. The second-order valence-corrected chi connectivity index (χ2v) is 3.53. The molecule has 2 unspecified atom stereocenters. The molecule has 2 atom stereocenters. The van der Waals surface area contributed by atoms with Crippen molar-refractivity contribution in [2.24, 2.45) is 5.73 Å². The van der Waals surface area contributed by atoms with Gasteiger partial charge in [0.15, 0.2) is 0 Å². The number of hydrogen-bond donors (Lipinski definition) is 2. The molecule has 0 fully saturated rings. The predicted octanol–water partition coefficient (Wildman–Crippen LogP) is 0.480. The number of carbonyl (C=O) groups is 1. The highest BCUT2D eigenvalue weighted by Crippen LogP contribution is 2.05. The normalized spacial score (nSPS) is 14.2. The van der Waals surface area contributed by atoms with Crippen LogP contribution < -0.4 is 5.73 Å². The zero-order valence-corrected chi connectivity index (χ0v) is 9.30. The minimum atomic E-state index is -0.986. The summed E-state index contributed by atoms with van der Waals surface area (Å²) in [5, 5.41) is 9.74. The van der Waals surface area contributed by atoms with Crippen LogP contribution in [-0.4, -0.2) is 29.8 Å². The van der Waals surface area contributed by atoms with E-state index in [4.69, 9.17) is 10.5 Å². The summed E-state index contributed by atoms with van der Waals surface area (Å²) in [6, 6.07) is 8.40. The lowest BCUT2D eigenvalue weighted by atomic mass is 10.0. The van der Waals surface area contributed by atoms with Gasteiger partial charge < -0.3 is 15.6 Å². The van der Waals surface area contributed by atoms with E-state index in [1.165, 1.54) is 0 Å². The van der Waals surface area contributed by atoms with Crippen molar-refractivity contribution in [2.75, 3.05) is 6.61 Å². The Labute approximate surface area is 95.0 Å². The summed E-state index contributed by atoms with van der Waals surface area (Å²) in [6.07, 6.45) is -0.567. The van der Waals surface area contributed by atoms with Gasteiger partial charge in [0.2, 0.25) is 0 Å². The van der Waals surface area contributed by atoms with Crippen molar-refractivity contribution in [3.63, 3.8) is 0 Å². The average molecular weight is 223 g/mol. The molecule has 16 heavy (non-hydrogen) atoms. The van der Waals surface area contributed by atoms with Crippen LogP contribution >= 0.6 is 0 Å². The lowest BCUT2D eigenvalue weighted by molar-refractivity contribution is -0.147. The molecule has 0 bridgehead atoms. The third kappa shape index (κ3) is 3.64. The SMILES string of the molecule is CCOC(=O)C(N)C(O)Cc1ccccc1. The number of esters is 1. The fourth-order valence-electron chi connectivity index (χ4n) is 1.38. The first-order chi connectivity index (χ1) is 7.65. The van der Waals surface area contributed by atoms with E-state index in [1.54, 1.807) is 6.92 Å². The Kier molecular flexibility index (Phi) is 4.95. The zero-order chi connectivity index (χ0) is 12.0. The standard InChI is InChI=1S/C12H17NO3/c1-2-16-12(15)11(13)10(14)8-9-6-4-3-5-7-9/h3-7,10-11,14H,2,8,13H2,1H3. The van der Waals surface area contributed by atoms with Crippen molar-refractivity contribution < 1.29 is 14.6 Å². The summed E-state index contributed by atoms with van der Waals surface area (Å²) in [6.45, 7) is 1.97. The molecule has 0 aliphatic carbocycles. The van der Waals surface area contributed by atoms with E-state index in [2.05, 4.69) is 0 Å². The van der Waals surface area contributed by atoms with E-state index in [1.807, 2.05) is 30.3 Å². The van der Waals surface area contributed by atoms with Crippen molar-refractivity contribution in [3.8, 4) is 0 Å². The minimum absolute atomic E-state index is 0.268. The number of aliphatic hydroxyl groups is 1. The summed E-state index contributed by atoms with van der Waals surface area (Å²) < 4.78 is 4.74. The third-order valence-electron chi connectivity index (χ3n) is 2.26. The Balaban J connectivity index is 2.52. The van der Waals surface area contributed by atoms with Crippen LogP contribution in [0.5, 0.6) is 0 Å². The minimum Gasteiger partial charge on any atom is -0.465 e. The lowest BCUT2D eigenvalue weighted by Gasteiger charge is -2.17. The summed E-state index contributed by atoms with van der Waals surface area (Å²) in [5.74, 6) is -0.564. The summed E-state index contributed by atoms with van der Waals surface area (Å²) in [7, 11) is 0. The Morgan fingerprint density at radius 1 is 1.44 bits per heavy atom. The molecule has 0 aliphatic heterocycles. The molecule has 0 amide bonds. The maximum absolute atomic E-state index is 11.3. The van der Waals surface area contributed by atoms with Crippen molar-refractivity contribution in [1.29, 1.82) is 0 Å². The van der Waals surface area contributed by atoms with Crippen molar-refractivity contribution in [1.82, 2.24) is 0 Å². The smallest absolute Gasteiger partial charge is 0.325 e. The highest BCUT2D eigenvalue weighted by molar-refractivity contribution is 5.76. The molecule has 1 aromatic rings. The van der Waals surface area contributed by atoms with Gasteiger partial charge in [0.1, 0.15) is 6.04 Å². The average Bonchev–Trinajstić information content (AvgIpc) is 2.29. The van der Waals surface area contributed by atoms with Gasteiger partial charge in [-0.05, 0) is 12.5 Å². The van der Waals surface area contributed by atoms with E-state index < -0.39 is 18.1 Å². The van der Waals surface area contributed by atoms with Gasteiger partial charge >= 0.3 is 5.97 Å². The van der Waals surface area contributed by atoms with Gasteiger partial charge in [-0.3, -0.25) is 4.79 Å². The Morgan fingerprint density at radius 2 is 2.06 bits per heavy atom. The Bertz CT molecular complexity index is 326. The number of aliphatic hydroxyl groups excluding tert-OH is 1. The molecule has 0 spiro atoms. The van der Waals surface area contributed by atoms with Crippen LogP contribution in [-0.2, 0) is 16.0 Å². The number of carbonyl (C=O) groups excluding carboxylic acids is 1. The maximum Gasteiger partial charge on any atom is 0.325 e. The van der Waals surface area contributed by atoms with Crippen LogP contribution in [0.2, 0.25) is 0 Å². The monoisotopic (exact) mass is 223 g/mol. The van der Waals surface area contributed by atoms with Crippen LogP contribution in [0, 0.1) is 0 Å². The van der Waals surface area contributed by atoms with Gasteiger partial charge in [-0.1, -0.05) is 30.3 Å². The summed E-state index contributed by atoms with van der Waals surface area (Å²) >= 11 is 0. The maximum atomic E-state index is 11.3. The van der Waals surface area contributed by atoms with Gasteiger partial charge in [-0.25, -0.2) is 0 Å². The van der Waals surface area contributed by atoms with Crippen LogP contribution in [0.3, 0.4) is 0 Å². The molecule has 4 heteroatoms. The fourth-order valence-corrected chi connectivity index (χ4v) is 1.38. The van der Waals surface area contributed by atoms with E-state index in [-0.39, 0.29) is 6.61 Å². The highest BCUT2D eigenvalue weighted by atomic mass is 16.5. The lowest BCUT2D eigenvalue weighted by Crippen LogP contribution is -2.44. The number of hydrogen-bond acceptors (Lipinski definition) is 4. The van der Waals surface area contributed by atoms with E-state index in [9.17, 15) is 9.90 Å². The largest absolute Gasteiger partial charge is 0.465 e. The molecule has 1 rings (SSSR count). The van der Waals surface area contributed by atoms with Gasteiger partial charge in [-0.2, -0.15) is 0 Å². The molecular weight excluding hydrogens is 206 g/mol. The summed E-state index contributed by atoms with van der Waals surface area (Å²) in [4.78, 5) is 11.3. The molecular formula is C12H17NO3. The number of ether oxygens (including phenoxy) is 1. The van der Waals surface area contributed by atoms with Crippen molar-refractivity contribution in [3.05, 3.63) is 35.9 Å². The first-order valence-corrected chi connectivity index (χ1v) is 5.29. The molecule has 0 saturated heterocycles. The van der Waals surface area contributed by atoms with Gasteiger partial charge in [0, 0.05) is 6.42 Å². The fraction of sp³-hybridized carbons (Fsp3) is 0.417. The topological polar surface area (TPSA) is 72.5 Å². The molecule has 88 valence electrons. The van der Waals surface area contributed by atoms with E-state index in [0.29, 0.717) is 6.42 Å². The van der Waals surface area contributed by atoms with Crippen LogP contribution in [0.25, 0.3) is 0 Å². The van der Waals surface area contributed by atoms with Crippen LogP contribution in [0.15, 0.2) is 30.3 Å². The van der Waals surface area contributed by atoms with Gasteiger partial charge in [0.05, 0.1) is 12.7 Å². The second-order valence-electron chi connectivity index (χ2n) is 3.53. The first-order valence-electron chi connectivity index (χ1n) is 5.29. The van der Waals surface area contributed by atoms with Crippen molar-refractivity contribution >= 4 is 5.97 Å². The molecule has 0 saturated carbocycles. The highest BCUT2D eigenvalue weighted by Gasteiger charge is 2.23. The molecule has 3 N–H and O–H groups in total. The Morgan fingerprint density at radius 3 is 2.62 bits per heavy atom. The summed E-state index contributed by atoms with van der Waals surface area (Å²) in [5.41, 5.74) is 6.51. The van der Waals surface area contributed by atoms with Crippen molar-refractivity contribution in [2.45, 2.75) is 25.5 Å². The van der Waals surface area contributed by atoms with Gasteiger partial charge in [-0.15, -0.1) is 0 Å². The third-order valence-corrected chi connectivity index (χ3v) is 2.26. The molecule has 4 nitrogen and oxygen atoms in total.